The van der Waals surface area contributed by atoms with Crippen LogP contribution in [0.1, 0.15) is 33.3 Å². The summed E-state index contributed by atoms with van der Waals surface area (Å²) < 4.78 is 31.5. The standard InChI is InChI=1S/C25H34N4O7S/c1-18(24(31)26-25(2,3)4)27(15-14-19-10-8-7-9-11-19)23(30)17-28(37(6,34)35)21-16-20(29(32)33)12-13-22(21)36-5/h7-13,16,18H,14-15,17H2,1-6H3,(H,26,31)/t18-/m1/s1. The number of nitrogens with one attached hydrogen (secondary N) is 1. The van der Waals surface area contributed by atoms with Gasteiger partial charge >= 0.3 is 0 Å². The van der Waals surface area contributed by atoms with Gasteiger partial charge in [-0.25, -0.2) is 8.42 Å². The first-order valence-electron chi connectivity index (χ1n) is 11.6. The van der Waals surface area contributed by atoms with Crippen LogP contribution in [-0.2, 0) is 26.0 Å². The zero-order valence-corrected chi connectivity index (χ0v) is 22.7. The third-order valence-electron chi connectivity index (χ3n) is 5.47. The molecule has 0 radical (unpaired) electrons. The average molecular weight is 535 g/mol. The Morgan fingerprint density at radius 1 is 1.14 bits per heavy atom. The number of nitro benzene ring substituents is 1. The van der Waals surface area contributed by atoms with Crippen LogP contribution in [-0.4, -0.2) is 68.1 Å². The number of nitrogens with zero attached hydrogens (tertiary/aromatic N) is 3. The van der Waals surface area contributed by atoms with E-state index in [0.29, 0.717) is 6.42 Å². The summed E-state index contributed by atoms with van der Waals surface area (Å²) in [7, 11) is -2.79. The molecule has 0 unspecified atom stereocenters. The van der Waals surface area contributed by atoms with E-state index in [9.17, 15) is 28.1 Å². The molecular formula is C25H34N4O7S. The van der Waals surface area contributed by atoms with Crippen molar-refractivity contribution < 1.29 is 27.7 Å². The van der Waals surface area contributed by atoms with Crippen LogP contribution >= 0.6 is 0 Å². The average Bonchev–Trinajstić information content (AvgIpc) is 2.80. The molecule has 0 saturated carbocycles. The molecule has 2 aromatic carbocycles. The maximum Gasteiger partial charge on any atom is 0.271 e. The first kappa shape index (κ1) is 29.6. The number of carbonyl (C=O) groups excluding carboxylic acids is 2. The van der Waals surface area contributed by atoms with Gasteiger partial charge in [0.1, 0.15) is 24.0 Å². The van der Waals surface area contributed by atoms with Crippen LogP contribution in [0.2, 0.25) is 0 Å². The van der Waals surface area contributed by atoms with E-state index in [-0.39, 0.29) is 23.7 Å². The second-order valence-electron chi connectivity index (χ2n) is 9.62. The number of hydrogen-bond acceptors (Lipinski definition) is 7. The summed E-state index contributed by atoms with van der Waals surface area (Å²) >= 11 is 0. The zero-order valence-electron chi connectivity index (χ0n) is 21.9. The Kier molecular flexibility index (Phi) is 9.62. The summed E-state index contributed by atoms with van der Waals surface area (Å²) in [5, 5.41) is 14.2. The molecule has 0 aliphatic carbocycles. The quantitative estimate of drug-likeness (QED) is 0.345. The lowest BCUT2D eigenvalue weighted by Crippen LogP contribution is -2.55. The molecule has 0 fully saturated rings. The number of hydrogen-bond donors (Lipinski definition) is 1. The lowest BCUT2D eigenvalue weighted by molar-refractivity contribution is -0.384. The van der Waals surface area contributed by atoms with Gasteiger partial charge in [-0.1, -0.05) is 30.3 Å². The fourth-order valence-corrected chi connectivity index (χ4v) is 4.47. The molecule has 1 N–H and O–H groups in total. The van der Waals surface area contributed by atoms with Gasteiger partial charge in [-0.2, -0.15) is 0 Å². The van der Waals surface area contributed by atoms with Crippen molar-refractivity contribution in [1.82, 2.24) is 10.2 Å². The van der Waals surface area contributed by atoms with E-state index in [4.69, 9.17) is 4.74 Å². The Balaban J connectivity index is 2.46. The van der Waals surface area contributed by atoms with Crippen LogP contribution in [0.15, 0.2) is 48.5 Å². The molecule has 0 bridgehead atoms. The van der Waals surface area contributed by atoms with E-state index >= 15 is 0 Å². The molecule has 1 atom stereocenters. The van der Waals surface area contributed by atoms with Gasteiger partial charge in [0, 0.05) is 24.2 Å². The van der Waals surface area contributed by atoms with Gasteiger partial charge in [-0.05, 0) is 45.7 Å². The van der Waals surface area contributed by atoms with Crippen molar-refractivity contribution in [3.05, 3.63) is 64.2 Å². The topological polar surface area (TPSA) is 139 Å². The lowest BCUT2D eigenvalue weighted by atomic mass is 10.1. The molecule has 11 nitrogen and oxygen atoms in total. The number of methoxy groups -OCH3 is 1. The van der Waals surface area contributed by atoms with E-state index in [0.717, 1.165) is 22.2 Å². The number of rotatable bonds is 11. The fourth-order valence-electron chi connectivity index (χ4n) is 3.63. The number of carbonyl (C=O) groups is 2. The van der Waals surface area contributed by atoms with Crippen molar-refractivity contribution in [2.24, 2.45) is 0 Å². The largest absolute Gasteiger partial charge is 0.495 e. The van der Waals surface area contributed by atoms with E-state index in [2.05, 4.69) is 5.32 Å². The minimum absolute atomic E-state index is 0.0400. The molecule has 0 saturated heterocycles. The Hall–Kier alpha value is -3.67. The molecule has 0 aliphatic heterocycles. The molecule has 2 rings (SSSR count). The first-order chi connectivity index (χ1) is 17.1. The number of anilines is 1. The SMILES string of the molecule is COc1ccc([N+](=O)[O-])cc1N(CC(=O)N(CCc1ccccc1)[C@H](C)C(=O)NC(C)(C)C)S(C)(=O)=O. The van der Waals surface area contributed by atoms with E-state index in [1.807, 2.05) is 51.1 Å². The Bertz CT molecular complexity index is 1230. The maximum atomic E-state index is 13.6. The van der Waals surface area contributed by atoms with Crippen molar-refractivity contribution >= 4 is 33.2 Å². The second-order valence-corrected chi connectivity index (χ2v) is 11.5. The highest BCUT2D eigenvalue weighted by Gasteiger charge is 2.32. The summed E-state index contributed by atoms with van der Waals surface area (Å²) in [6.07, 6.45) is 1.32. The van der Waals surface area contributed by atoms with Crippen LogP contribution in [0, 0.1) is 10.1 Å². The molecule has 12 heteroatoms. The molecule has 0 heterocycles. The molecule has 37 heavy (non-hydrogen) atoms. The van der Waals surface area contributed by atoms with Crippen molar-refractivity contribution in [3.63, 3.8) is 0 Å². The van der Waals surface area contributed by atoms with Gasteiger partial charge in [-0.15, -0.1) is 0 Å². The van der Waals surface area contributed by atoms with Crippen molar-refractivity contribution in [2.45, 2.75) is 45.7 Å². The maximum absolute atomic E-state index is 13.6. The molecule has 2 amide bonds. The highest BCUT2D eigenvalue weighted by Crippen LogP contribution is 2.33. The number of benzene rings is 2. The van der Waals surface area contributed by atoms with Gasteiger partial charge in [0.05, 0.1) is 18.3 Å². The normalized spacial score (nSPS) is 12.4. The third kappa shape index (κ3) is 8.45. The Morgan fingerprint density at radius 2 is 1.76 bits per heavy atom. The predicted molar refractivity (Wildman–Crippen MR) is 141 cm³/mol. The molecular weight excluding hydrogens is 500 g/mol. The third-order valence-corrected chi connectivity index (χ3v) is 6.60. The number of non-ortho nitro benzene ring substituents is 1. The molecule has 202 valence electrons. The summed E-state index contributed by atoms with van der Waals surface area (Å²) in [5.74, 6) is -1.00. The zero-order chi connectivity index (χ0) is 28.0. The highest BCUT2D eigenvalue weighted by atomic mass is 32.2. The van der Waals surface area contributed by atoms with Crippen molar-refractivity contribution in [2.75, 3.05) is 30.8 Å². The first-order valence-corrected chi connectivity index (χ1v) is 13.4. The van der Waals surface area contributed by atoms with Crippen LogP contribution in [0.25, 0.3) is 0 Å². The van der Waals surface area contributed by atoms with Crippen LogP contribution < -0.4 is 14.4 Å². The summed E-state index contributed by atoms with van der Waals surface area (Å²) in [5.41, 5.74) is -0.128. The summed E-state index contributed by atoms with van der Waals surface area (Å²) in [6.45, 7) is 6.47. The van der Waals surface area contributed by atoms with Crippen molar-refractivity contribution in [1.29, 1.82) is 0 Å². The fraction of sp³-hybridized carbons (Fsp3) is 0.440. The monoisotopic (exact) mass is 534 g/mol. The van der Waals surface area contributed by atoms with Gasteiger partial charge in [0.15, 0.2) is 0 Å². The smallest absolute Gasteiger partial charge is 0.271 e. The predicted octanol–water partition coefficient (Wildman–Crippen LogP) is 2.74. The minimum Gasteiger partial charge on any atom is -0.495 e. The molecule has 2 aromatic rings. The molecule has 0 aromatic heterocycles. The van der Waals surface area contributed by atoms with Crippen molar-refractivity contribution in [3.8, 4) is 5.75 Å². The minimum atomic E-state index is -4.08. The summed E-state index contributed by atoms with van der Waals surface area (Å²) in [6, 6.07) is 11.9. The second kappa shape index (κ2) is 12.0. The van der Waals surface area contributed by atoms with Gasteiger partial charge in [0.25, 0.3) is 5.69 Å². The summed E-state index contributed by atoms with van der Waals surface area (Å²) in [4.78, 5) is 38.5. The lowest BCUT2D eigenvalue weighted by Gasteiger charge is -2.33. The van der Waals surface area contributed by atoms with Gasteiger partial charge < -0.3 is 15.0 Å². The Morgan fingerprint density at radius 3 is 2.27 bits per heavy atom. The van der Waals surface area contributed by atoms with Crippen LogP contribution in [0.5, 0.6) is 5.75 Å². The van der Waals surface area contributed by atoms with E-state index in [1.165, 1.54) is 24.1 Å². The Labute approximate surface area is 217 Å². The van der Waals surface area contributed by atoms with Gasteiger partial charge in [-0.3, -0.25) is 24.0 Å². The van der Waals surface area contributed by atoms with E-state index in [1.54, 1.807) is 6.92 Å². The number of nitro groups is 1. The molecule has 0 spiro atoms. The number of ether oxygens (including phenoxy) is 1. The number of sulfonamides is 1. The highest BCUT2D eigenvalue weighted by molar-refractivity contribution is 7.92. The molecule has 0 aliphatic rings. The van der Waals surface area contributed by atoms with E-state index < -0.39 is 44.9 Å². The number of amides is 2. The van der Waals surface area contributed by atoms with Crippen LogP contribution in [0.4, 0.5) is 11.4 Å². The van der Waals surface area contributed by atoms with Gasteiger partial charge in [0.2, 0.25) is 21.8 Å². The van der Waals surface area contributed by atoms with Crippen LogP contribution in [0.3, 0.4) is 0 Å².